The van der Waals surface area contributed by atoms with Gasteiger partial charge in [0, 0.05) is 6.04 Å². The van der Waals surface area contributed by atoms with Crippen molar-refractivity contribution < 1.29 is 0 Å². The predicted octanol–water partition coefficient (Wildman–Crippen LogP) is 0.449. The minimum Gasteiger partial charge on any atom is -0.314 e. The van der Waals surface area contributed by atoms with Crippen molar-refractivity contribution in [2.75, 3.05) is 6.54 Å². The van der Waals surface area contributed by atoms with E-state index >= 15 is 0 Å². The number of hydrogen-bond donors (Lipinski definition) is 1. The highest BCUT2D eigenvalue weighted by molar-refractivity contribution is 4.74. The number of nitrogens with one attached hydrogen (secondary N) is 1. The minimum atomic E-state index is 0.296. The Bertz CT molecular complexity index is 37.2. The van der Waals surface area contributed by atoms with Gasteiger partial charge in [-0.3, -0.25) is 0 Å². The van der Waals surface area contributed by atoms with Gasteiger partial charge in [0.2, 0.25) is 0 Å². The molecular formula is C5H9N. The second-order valence-electron chi connectivity index (χ2n) is 1.70. The summed E-state index contributed by atoms with van der Waals surface area (Å²) >= 11 is 0. The molecule has 0 bridgehead atoms. The zero-order chi connectivity index (χ0) is 4.41. The Morgan fingerprint density at radius 2 is 2.50 bits per heavy atom. The van der Waals surface area contributed by atoms with E-state index in [-0.39, 0.29) is 0 Å². The molecule has 1 atom stereocenters. The lowest BCUT2D eigenvalue weighted by molar-refractivity contribution is 0.724. The van der Waals surface area contributed by atoms with Crippen LogP contribution in [0.4, 0.5) is 0 Å². The smallest absolute Gasteiger partial charge is 0.0102 e. The first-order valence-electron chi connectivity index (χ1n) is 2.38. The van der Waals surface area contributed by atoms with Gasteiger partial charge in [-0.25, -0.2) is 0 Å². The molecule has 0 spiro atoms. The van der Waals surface area contributed by atoms with Crippen LogP contribution >= 0.6 is 0 Å². The van der Waals surface area contributed by atoms with Crippen molar-refractivity contribution >= 4 is 0 Å². The first-order chi connectivity index (χ1) is 2.89. The van der Waals surface area contributed by atoms with E-state index < -0.39 is 0 Å². The maximum absolute atomic E-state index is 5.42. The van der Waals surface area contributed by atoms with Gasteiger partial charge in [0.05, 0.1) is 0 Å². The van der Waals surface area contributed by atoms with Crippen LogP contribution in [0.2, 0.25) is 0 Å². The second-order valence-corrected chi connectivity index (χ2v) is 1.70. The van der Waals surface area contributed by atoms with Crippen LogP contribution in [0, 0.1) is 6.92 Å². The van der Waals surface area contributed by atoms with Gasteiger partial charge in [-0.15, -0.1) is 0 Å². The summed E-state index contributed by atoms with van der Waals surface area (Å²) in [7, 11) is 0. The Hall–Kier alpha value is -0.0400. The van der Waals surface area contributed by atoms with E-state index in [1.807, 2.05) is 0 Å². The zero-order valence-corrected chi connectivity index (χ0v) is 3.78. The maximum Gasteiger partial charge on any atom is 0.0102 e. The molecule has 1 heteroatoms. The maximum atomic E-state index is 5.42. The van der Waals surface area contributed by atoms with Crippen molar-refractivity contribution in [1.82, 2.24) is 5.32 Å². The predicted molar refractivity (Wildman–Crippen MR) is 25.3 cm³/mol. The molecule has 34 valence electrons. The van der Waals surface area contributed by atoms with Crippen LogP contribution in [0.1, 0.15) is 12.8 Å². The molecule has 1 unspecified atom stereocenters. The van der Waals surface area contributed by atoms with E-state index in [0.29, 0.717) is 6.04 Å². The largest absolute Gasteiger partial charge is 0.314 e. The summed E-state index contributed by atoms with van der Waals surface area (Å²) in [5.41, 5.74) is 0. The molecule has 1 N–H and O–H groups in total. The molecule has 0 aliphatic carbocycles. The van der Waals surface area contributed by atoms with Crippen molar-refractivity contribution in [3.63, 3.8) is 0 Å². The molecule has 1 nitrogen and oxygen atoms in total. The summed E-state index contributed by atoms with van der Waals surface area (Å²) in [6.45, 7) is 6.54. The topological polar surface area (TPSA) is 12.0 Å². The first kappa shape index (κ1) is 4.13. The van der Waals surface area contributed by atoms with Crippen LogP contribution < -0.4 is 5.32 Å². The molecule has 1 aliphatic rings. The minimum absolute atomic E-state index is 0.296. The summed E-state index contributed by atoms with van der Waals surface area (Å²) in [5.74, 6) is 0. The molecule has 0 aromatic rings. The highest BCUT2D eigenvalue weighted by Gasteiger charge is 2.05. The first-order valence-corrected chi connectivity index (χ1v) is 2.38. The van der Waals surface area contributed by atoms with Crippen LogP contribution in [-0.2, 0) is 0 Å². The van der Waals surface area contributed by atoms with Gasteiger partial charge in [-0.05, 0) is 26.3 Å². The average molecular weight is 83.1 g/mol. The Morgan fingerprint density at radius 1 is 1.67 bits per heavy atom. The Labute approximate surface area is 38.7 Å². The van der Waals surface area contributed by atoms with Gasteiger partial charge in [-0.1, -0.05) is 0 Å². The molecule has 1 saturated heterocycles. The third kappa shape index (κ3) is 0.716. The van der Waals surface area contributed by atoms with Gasteiger partial charge in [0.1, 0.15) is 0 Å². The third-order valence-electron chi connectivity index (χ3n) is 1.10. The lowest BCUT2D eigenvalue weighted by Crippen LogP contribution is -2.16. The van der Waals surface area contributed by atoms with Gasteiger partial charge in [0.15, 0.2) is 0 Å². The van der Waals surface area contributed by atoms with E-state index in [1.54, 1.807) is 0 Å². The molecule has 0 aromatic heterocycles. The van der Waals surface area contributed by atoms with Crippen LogP contribution in [0.25, 0.3) is 0 Å². The van der Waals surface area contributed by atoms with Crippen LogP contribution in [-0.4, -0.2) is 12.6 Å². The van der Waals surface area contributed by atoms with Crippen molar-refractivity contribution in [3.8, 4) is 0 Å². The summed E-state index contributed by atoms with van der Waals surface area (Å²) in [6.07, 6.45) is 2.40. The van der Waals surface area contributed by atoms with E-state index in [4.69, 9.17) is 6.92 Å². The lowest BCUT2D eigenvalue weighted by Gasteiger charge is -1.94. The van der Waals surface area contributed by atoms with Crippen molar-refractivity contribution in [1.29, 1.82) is 0 Å². The van der Waals surface area contributed by atoms with E-state index in [9.17, 15) is 0 Å². The third-order valence-corrected chi connectivity index (χ3v) is 1.10. The number of hydrogen-bond acceptors (Lipinski definition) is 1. The molecule has 1 rings (SSSR count). The Balaban J connectivity index is 2.18. The molecule has 2 radical (unpaired) electrons. The standard InChI is InChI=1S/C5H9N/c1-5-3-2-4-6-5/h1,5-6H,2-4H2. The van der Waals surface area contributed by atoms with Gasteiger partial charge in [0.25, 0.3) is 0 Å². The molecular weight excluding hydrogens is 74.1 g/mol. The van der Waals surface area contributed by atoms with Crippen LogP contribution in [0.15, 0.2) is 0 Å². The lowest BCUT2D eigenvalue weighted by atomic mass is 10.3. The SMILES string of the molecule is [CH]C1CCCN1. The zero-order valence-electron chi connectivity index (χ0n) is 3.78. The van der Waals surface area contributed by atoms with Crippen molar-refractivity contribution in [2.24, 2.45) is 0 Å². The quantitative estimate of drug-likeness (QED) is 0.448. The van der Waals surface area contributed by atoms with E-state index in [2.05, 4.69) is 5.32 Å². The highest BCUT2D eigenvalue weighted by Crippen LogP contribution is 2.00. The number of rotatable bonds is 0. The summed E-state index contributed by atoms with van der Waals surface area (Å²) in [4.78, 5) is 0. The molecule has 1 fully saturated rings. The van der Waals surface area contributed by atoms with Crippen molar-refractivity contribution in [2.45, 2.75) is 18.9 Å². The second kappa shape index (κ2) is 1.61. The Morgan fingerprint density at radius 3 is 2.67 bits per heavy atom. The molecule has 6 heavy (non-hydrogen) atoms. The fourth-order valence-electron chi connectivity index (χ4n) is 0.711. The Kier molecular flexibility index (Phi) is 1.10. The molecule has 1 heterocycles. The van der Waals surface area contributed by atoms with Gasteiger partial charge >= 0.3 is 0 Å². The van der Waals surface area contributed by atoms with E-state index in [1.165, 1.54) is 6.42 Å². The molecule has 0 saturated carbocycles. The highest BCUT2D eigenvalue weighted by atomic mass is 14.9. The normalized spacial score (nSPS) is 34.5. The molecule has 0 aromatic carbocycles. The molecule has 1 aliphatic heterocycles. The summed E-state index contributed by atoms with van der Waals surface area (Å²) < 4.78 is 0. The van der Waals surface area contributed by atoms with E-state index in [0.717, 1.165) is 13.0 Å². The fourth-order valence-corrected chi connectivity index (χ4v) is 0.711. The van der Waals surface area contributed by atoms with Crippen molar-refractivity contribution in [3.05, 3.63) is 6.92 Å². The van der Waals surface area contributed by atoms with Gasteiger partial charge < -0.3 is 5.32 Å². The average Bonchev–Trinajstić information content (AvgIpc) is 1.86. The monoisotopic (exact) mass is 83.1 g/mol. The fraction of sp³-hybridized carbons (Fsp3) is 0.800. The van der Waals surface area contributed by atoms with Crippen LogP contribution in [0.5, 0.6) is 0 Å². The molecule has 0 amide bonds. The summed E-state index contributed by atoms with van der Waals surface area (Å²) in [6, 6.07) is 0.296. The van der Waals surface area contributed by atoms with Crippen LogP contribution in [0.3, 0.4) is 0 Å². The summed E-state index contributed by atoms with van der Waals surface area (Å²) in [5, 5.41) is 3.10. The van der Waals surface area contributed by atoms with Gasteiger partial charge in [-0.2, -0.15) is 0 Å².